The van der Waals surface area contributed by atoms with Gasteiger partial charge < -0.3 is 9.64 Å². The van der Waals surface area contributed by atoms with Crippen LogP contribution in [0.5, 0.6) is 0 Å². The average Bonchev–Trinajstić information content (AvgIpc) is 2.70. The van der Waals surface area contributed by atoms with Crippen molar-refractivity contribution in [1.29, 1.82) is 0 Å². The maximum atomic E-state index is 12.4. The van der Waals surface area contributed by atoms with Gasteiger partial charge in [0.05, 0.1) is 10.8 Å². The van der Waals surface area contributed by atoms with Crippen LogP contribution in [0.3, 0.4) is 0 Å². The summed E-state index contributed by atoms with van der Waals surface area (Å²) in [6.07, 6.45) is 0. The zero-order valence-electron chi connectivity index (χ0n) is 14.5. The SMILES string of the molecule is CN(C(=O)COC(=O)Cn1[nH]c(=O)c2ccccc2c1=O)c1ccccc1. The molecule has 0 aliphatic carbocycles. The maximum Gasteiger partial charge on any atom is 0.328 e. The second-order valence-electron chi connectivity index (χ2n) is 5.83. The van der Waals surface area contributed by atoms with Gasteiger partial charge in [-0.15, -0.1) is 0 Å². The summed E-state index contributed by atoms with van der Waals surface area (Å²) in [6.45, 7) is -0.974. The number of carbonyl (C=O) groups is 2. The molecule has 0 fully saturated rings. The van der Waals surface area contributed by atoms with Crippen molar-refractivity contribution in [2.45, 2.75) is 6.54 Å². The van der Waals surface area contributed by atoms with Gasteiger partial charge in [-0.1, -0.05) is 30.3 Å². The Balaban J connectivity index is 1.67. The van der Waals surface area contributed by atoms with Crippen molar-refractivity contribution >= 4 is 28.3 Å². The molecule has 0 saturated heterocycles. The normalized spacial score (nSPS) is 10.6. The molecular weight excluding hydrogens is 350 g/mol. The number of H-pyrrole nitrogens is 1. The Bertz CT molecular complexity index is 1100. The Kier molecular flexibility index (Phi) is 5.16. The van der Waals surface area contributed by atoms with E-state index in [2.05, 4.69) is 5.10 Å². The third-order valence-corrected chi connectivity index (χ3v) is 4.05. The van der Waals surface area contributed by atoms with Gasteiger partial charge in [0.25, 0.3) is 17.0 Å². The van der Waals surface area contributed by atoms with Crippen molar-refractivity contribution in [1.82, 2.24) is 9.78 Å². The topological polar surface area (TPSA) is 101 Å². The third kappa shape index (κ3) is 3.95. The van der Waals surface area contributed by atoms with E-state index in [9.17, 15) is 19.2 Å². The standard InChI is InChI=1S/C19H17N3O5/c1-21(13-7-3-2-4-8-13)16(23)12-27-17(24)11-22-19(26)15-10-6-5-9-14(15)18(25)20-22/h2-10H,11-12H2,1H3,(H,20,25). The first-order chi connectivity index (χ1) is 13.0. The highest BCUT2D eigenvalue weighted by atomic mass is 16.5. The number of nitrogens with zero attached hydrogens (tertiary/aromatic N) is 2. The number of rotatable bonds is 5. The Labute approximate surface area is 153 Å². The van der Waals surface area contributed by atoms with Crippen LogP contribution in [0.25, 0.3) is 10.8 Å². The molecule has 2 aromatic carbocycles. The van der Waals surface area contributed by atoms with Crippen LogP contribution in [0.2, 0.25) is 0 Å². The van der Waals surface area contributed by atoms with Crippen LogP contribution in [-0.4, -0.2) is 35.3 Å². The minimum atomic E-state index is -0.808. The lowest BCUT2D eigenvalue weighted by Crippen LogP contribution is -2.35. The molecule has 0 aliphatic rings. The van der Waals surface area contributed by atoms with E-state index in [1.807, 2.05) is 6.07 Å². The van der Waals surface area contributed by atoms with E-state index in [4.69, 9.17) is 4.74 Å². The van der Waals surface area contributed by atoms with Crippen LogP contribution in [0.15, 0.2) is 64.2 Å². The molecule has 138 valence electrons. The van der Waals surface area contributed by atoms with E-state index in [1.54, 1.807) is 43.4 Å². The lowest BCUT2D eigenvalue weighted by Gasteiger charge is -2.17. The van der Waals surface area contributed by atoms with E-state index in [0.717, 1.165) is 4.68 Å². The monoisotopic (exact) mass is 367 g/mol. The van der Waals surface area contributed by atoms with Crippen molar-refractivity contribution in [2.75, 3.05) is 18.6 Å². The zero-order chi connectivity index (χ0) is 19.4. The lowest BCUT2D eigenvalue weighted by atomic mass is 10.2. The molecule has 0 unspecified atom stereocenters. The number of carbonyl (C=O) groups excluding carboxylic acids is 2. The summed E-state index contributed by atoms with van der Waals surface area (Å²) >= 11 is 0. The van der Waals surface area contributed by atoms with Gasteiger partial charge in [0.1, 0.15) is 6.54 Å². The zero-order valence-corrected chi connectivity index (χ0v) is 14.5. The fraction of sp³-hybridized carbons (Fsp3) is 0.158. The smallest absolute Gasteiger partial charge is 0.328 e. The van der Waals surface area contributed by atoms with Gasteiger partial charge in [0.2, 0.25) is 0 Å². The van der Waals surface area contributed by atoms with Crippen molar-refractivity contribution in [3.63, 3.8) is 0 Å². The molecule has 8 heteroatoms. The number of likely N-dealkylation sites (N-methyl/N-ethyl adjacent to an activating group) is 1. The number of benzene rings is 2. The van der Waals surface area contributed by atoms with Crippen LogP contribution in [0.4, 0.5) is 5.69 Å². The summed E-state index contributed by atoms with van der Waals surface area (Å²) in [5.74, 6) is -1.23. The molecule has 1 amide bonds. The van der Waals surface area contributed by atoms with E-state index < -0.39 is 36.1 Å². The Hall–Kier alpha value is -3.68. The average molecular weight is 367 g/mol. The predicted molar refractivity (Wildman–Crippen MR) is 99.6 cm³/mol. The quantitative estimate of drug-likeness (QED) is 0.675. The van der Waals surface area contributed by atoms with E-state index in [1.165, 1.54) is 17.0 Å². The van der Waals surface area contributed by atoms with Gasteiger partial charge in [0, 0.05) is 12.7 Å². The molecule has 3 rings (SSSR count). The number of fused-ring (bicyclic) bond motifs is 1. The minimum absolute atomic E-state index is 0.203. The summed E-state index contributed by atoms with van der Waals surface area (Å²) < 4.78 is 5.82. The number of anilines is 1. The van der Waals surface area contributed by atoms with Crippen molar-refractivity contribution in [3.8, 4) is 0 Å². The van der Waals surface area contributed by atoms with E-state index >= 15 is 0 Å². The van der Waals surface area contributed by atoms with Crippen molar-refractivity contribution in [3.05, 3.63) is 75.3 Å². The minimum Gasteiger partial charge on any atom is -0.454 e. The van der Waals surface area contributed by atoms with Crippen LogP contribution in [0.1, 0.15) is 0 Å². The molecule has 0 spiro atoms. The molecule has 0 atom stereocenters. The van der Waals surface area contributed by atoms with E-state index in [-0.39, 0.29) is 10.8 Å². The number of hydrogen-bond acceptors (Lipinski definition) is 5. The number of hydrogen-bond donors (Lipinski definition) is 1. The number of aromatic nitrogens is 2. The summed E-state index contributed by atoms with van der Waals surface area (Å²) in [4.78, 5) is 49.9. The van der Waals surface area contributed by atoms with Crippen LogP contribution >= 0.6 is 0 Å². The van der Waals surface area contributed by atoms with E-state index in [0.29, 0.717) is 5.69 Å². The highest BCUT2D eigenvalue weighted by Gasteiger charge is 2.15. The molecule has 0 bridgehead atoms. The van der Waals surface area contributed by atoms with Crippen molar-refractivity contribution in [2.24, 2.45) is 0 Å². The second kappa shape index (κ2) is 7.69. The number of para-hydroxylation sites is 1. The van der Waals surface area contributed by atoms with Gasteiger partial charge in [-0.3, -0.25) is 24.3 Å². The highest BCUT2D eigenvalue weighted by Crippen LogP contribution is 2.11. The lowest BCUT2D eigenvalue weighted by molar-refractivity contribution is -0.148. The molecule has 0 radical (unpaired) electrons. The van der Waals surface area contributed by atoms with Gasteiger partial charge in [-0.2, -0.15) is 0 Å². The van der Waals surface area contributed by atoms with Crippen LogP contribution in [0, 0.1) is 0 Å². The fourth-order valence-electron chi connectivity index (χ4n) is 2.57. The number of ether oxygens (including phenoxy) is 1. The molecular formula is C19H17N3O5. The Morgan fingerprint density at radius 2 is 1.63 bits per heavy atom. The molecule has 0 saturated carbocycles. The highest BCUT2D eigenvalue weighted by molar-refractivity contribution is 5.94. The summed E-state index contributed by atoms with van der Waals surface area (Å²) in [5, 5.41) is 2.78. The number of amides is 1. The number of aromatic amines is 1. The fourth-order valence-corrected chi connectivity index (χ4v) is 2.57. The Morgan fingerprint density at radius 1 is 1.00 bits per heavy atom. The van der Waals surface area contributed by atoms with Gasteiger partial charge >= 0.3 is 5.97 Å². The Morgan fingerprint density at radius 3 is 2.33 bits per heavy atom. The third-order valence-electron chi connectivity index (χ3n) is 4.05. The first-order valence-corrected chi connectivity index (χ1v) is 8.16. The van der Waals surface area contributed by atoms with Crippen LogP contribution in [-0.2, 0) is 20.9 Å². The summed E-state index contributed by atoms with van der Waals surface area (Å²) in [6, 6.07) is 15.2. The van der Waals surface area contributed by atoms with Gasteiger partial charge in [0.15, 0.2) is 6.61 Å². The predicted octanol–water partition coefficient (Wildman–Crippen LogP) is 0.896. The largest absolute Gasteiger partial charge is 0.454 e. The molecule has 8 nitrogen and oxygen atoms in total. The summed E-state index contributed by atoms with van der Waals surface area (Å²) in [5.41, 5.74) is -0.346. The molecule has 1 aromatic heterocycles. The second-order valence-corrected chi connectivity index (χ2v) is 5.83. The van der Waals surface area contributed by atoms with Crippen LogP contribution < -0.4 is 16.0 Å². The summed E-state index contributed by atoms with van der Waals surface area (Å²) in [7, 11) is 1.57. The molecule has 3 aromatic rings. The molecule has 0 aliphatic heterocycles. The number of nitrogens with one attached hydrogen (secondary N) is 1. The van der Waals surface area contributed by atoms with Gasteiger partial charge in [-0.25, -0.2) is 4.68 Å². The maximum absolute atomic E-state index is 12.4. The molecule has 27 heavy (non-hydrogen) atoms. The molecule has 1 N–H and O–H groups in total. The first kappa shape index (κ1) is 18.1. The number of esters is 1. The van der Waals surface area contributed by atoms with Crippen molar-refractivity contribution < 1.29 is 14.3 Å². The molecule has 1 heterocycles. The first-order valence-electron chi connectivity index (χ1n) is 8.16. The van der Waals surface area contributed by atoms with Gasteiger partial charge in [-0.05, 0) is 24.3 Å².